The van der Waals surface area contributed by atoms with Gasteiger partial charge in [0.1, 0.15) is 77.8 Å². The van der Waals surface area contributed by atoms with E-state index in [-0.39, 0.29) is 88.8 Å². The SMILES string of the molecule is CC(C)COC(=O)[C@H](C)NP(=O)(Cl)Oc1ccccc1.CCOc1nc(N)nc2c1ncn2[C@@H]1O[C@](F)(COP(=O)(N[C@@H](C)C(=O)OC(CC)CC)Oc2ccccc2)[C@@H](O)[C@@]1(C)F.CCOc1nc(NC(c2ccccc2)(c2ccccc2)c2ccc(OC)cc2)nc2c1ncn2[C@@H]1O[C@](F)(COP(=O)(N[C@@H](C)C(=O)OC(CC)CC)Oc2ccccc2)[C@@H](C)[C@@]1(C)F.O=P(Cl)(Cl)Cl.O=P(Cl)(Cl)Oc1ccccc1. The van der Waals surface area contributed by atoms with Crippen LogP contribution in [0.4, 0.5) is 29.5 Å². The van der Waals surface area contributed by atoms with Crippen LogP contribution in [0, 0.1) is 11.8 Å². The summed E-state index contributed by atoms with van der Waals surface area (Å²) in [6.07, 6.45) is -5.49. The van der Waals surface area contributed by atoms with Crippen molar-refractivity contribution in [3.8, 4) is 40.5 Å². The number of ether oxygens (including phenoxy) is 8. The molecule has 6 heterocycles. The fourth-order valence-corrected chi connectivity index (χ4v) is 19.9. The molecular weight excluding hydrogens is 2120 g/mol. The molecule has 2 fully saturated rings. The first kappa shape index (κ1) is 119. The summed E-state index contributed by atoms with van der Waals surface area (Å²) in [7, 11) is -7.57. The second-order valence-corrected chi connectivity index (χ2v) is 50.3. The smallest absolute Gasteiger partial charge is 0.459 e. The van der Waals surface area contributed by atoms with Gasteiger partial charge in [0.25, 0.3) is 5.85 Å². The Kier molecular flexibility index (Phi) is 43.6. The number of esters is 3. The van der Waals surface area contributed by atoms with E-state index >= 15 is 17.6 Å². The number of benzene rings is 7. The third-order valence-corrected chi connectivity index (χ3v) is 27.6. The molecule has 2 aliphatic rings. The van der Waals surface area contributed by atoms with Gasteiger partial charge in [-0.1, -0.05) is 194 Å². The third kappa shape index (κ3) is 33.5. The lowest BCUT2D eigenvalue weighted by Gasteiger charge is -2.37. The molecule has 0 aliphatic carbocycles. The van der Waals surface area contributed by atoms with Gasteiger partial charge in [-0.3, -0.25) is 37.1 Å². The van der Waals surface area contributed by atoms with Crippen molar-refractivity contribution >= 4 is 153 Å². The van der Waals surface area contributed by atoms with Crippen molar-refractivity contribution in [2.24, 2.45) is 11.8 Å². The fourth-order valence-electron chi connectivity index (χ4n) is 14.4. The van der Waals surface area contributed by atoms with Crippen LogP contribution < -0.4 is 58.6 Å². The van der Waals surface area contributed by atoms with Crippen molar-refractivity contribution in [2.75, 3.05) is 51.2 Å². The minimum atomic E-state index is -4.59. The first-order valence-corrected chi connectivity index (χ1v) is 59.0. The topological polar surface area (TPSA) is 447 Å². The zero-order valence-electron chi connectivity index (χ0n) is 81.5. The number of fused-ring (bicyclic) bond motifs is 2. The van der Waals surface area contributed by atoms with Gasteiger partial charge in [-0.2, -0.15) is 30.1 Å². The number of methoxy groups -OCH3 is 1. The second-order valence-electron chi connectivity index (χ2n) is 33.3. The number of nitrogen functional groups attached to an aromatic ring is 1. The predicted octanol–water partition coefficient (Wildman–Crippen LogP) is 24.2. The van der Waals surface area contributed by atoms with E-state index in [4.69, 9.17) is 110 Å². The summed E-state index contributed by atoms with van der Waals surface area (Å²) < 4.78 is 207. The van der Waals surface area contributed by atoms with Gasteiger partial charge in [0.05, 0.1) is 45.5 Å². The standard InChI is InChI=1S/C48H55F2N6O8P.C27H37F2N6O8P.C13H19ClNO4P.C6H5Cl2O2P.Cl3OP/c1-8-37(9-2)62-43(57)32(4)55-65(58,64-39-24-18-13-19-25-39)61-30-47(50)33(5)46(6,49)44(63-47)56-31-51-40-41(56)52-45(53-42(40)60-10-3)54-48(34-20-14-11-15-21-34,35-22-16-12-17-23-35)36-26-28-38(59-7)29-27-36;1-6-17(7-2)41-22(36)16(4)34-44(38,43-18-12-10-9-11-13-18)40-14-27(29)23(37)26(5,28)24(42-27)35-15-31-19-20(35)32-25(30)33-21(19)39-8-3;1-10(2)9-18-13(16)11(3)15-20(14,17)19-12-7-5-4-6-8-12;7-11(8,9)10-6-4-2-1-3-5-6;1-5(2,3)4/h11-29,31-33,37,44H,8-10,30H2,1-7H3,(H,55,58)(H,52,53,54);9-13,15-17,23-24,37H,6-8,14H2,1-5H3,(H,34,38)(H2,30,32,33);4-8,10-11H,9H2,1-3H3,(H,15,17);1-5H;/t32-,33-,44+,46+,47+,65?;16-,23-,24+,26+,27+,44?;11-,20?;;/m000../s1. The van der Waals surface area contributed by atoms with Crippen molar-refractivity contribution in [1.82, 2.24) is 54.3 Å². The molecule has 4 aromatic heterocycles. The predicted molar refractivity (Wildman–Crippen MR) is 547 cm³/mol. The van der Waals surface area contributed by atoms with Crippen LogP contribution in [0.3, 0.4) is 0 Å². The maximum absolute atomic E-state index is 17.4. The summed E-state index contributed by atoms with van der Waals surface area (Å²) in [5, 5.41) is 18.7. The minimum absolute atomic E-state index is 0.0182. The lowest BCUT2D eigenvalue weighted by molar-refractivity contribution is -0.202. The molecule has 7 N–H and O–H groups in total. The highest BCUT2D eigenvalue weighted by molar-refractivity contribution is 8.24. The Balaban J connectivity index is 0.000000248. The van der Waals surface area contributed by atoms with E-state index in [1.165, 1.54) is 69.8 Å². The highest BCUT2D eigenvalue weighted by Gasteiger charge is 2.66. The van der Waals surface area contributed by atoms with E-state index in [1.807, 2.05) is 126 Å². The molecule has 0 amide bonds. The van der Waals surface area contributed by atoms with Crippen LogP contribution in [0.5, 0.6) is 40.5 Å². The molecule has 11 aromatic rings. The highest BCUT2D eigenvalue weighted by Crippen LogP contribution is 2.62. The van der Waals surface area contributed by atoms with Gasteiger partial charge in [-0.05, 0) is 191 Å². The maximum atomic E-state index is 17.4. The molecule has 7 aromatic carbocycles. The zero-order valence-corrected chi connectivity index (χ0v) is 90.5. The summed E-state index contributed by atoms with van der Waals surface area (Å²) in [5.74, 6) is -7.87. The molecule has 51 heteroatoms. The largest absolute Gasteiger partial charge is 0.497 e. The molecule has 2 saturated heterocycles. The number of imidazole rings is 2. The summed E-state index contributed by atoms with van der Waals surface area (Å²) in [6, 6.07) is 56.7. The number of para-hydroxylation sites is 4. The van der Waals surface area contributed by atoms with Gasteiger partial charge in [-0.25, -0.2) is 50.9 Å². The van der Waals surface area contributed by atoms with E-state index in [0.717, 1.165) is 34.5 Å². The molecule has 14 atom stereocenters. The number of nitrogens with zero attached hydrogens (tertiary/aromatic N) is 8. The summed E-state index contributed by atoms with van der Waals surface area (Å²) in [5.41, 5.74) is 2.25. The first-order valence-electron chi connectivity index (χ1n) is 45.5. The van der Waals surface area contributed by atoms with Crippen LogP contribution in [0.25, 0.3) is 22.3 Å². The van der Waals surface area contributed by atoms with E-state index in [0.29, 0.717) is 49.5 Å². The number of aliphatic hydroxyl groups is 1. The van der Waals surface area contributed by atoms with Crippen molar-refractivity contribution < 1.29 is 125 Å². The van der Waals surface area contributed by atoms with Crippen LogP contribution in [-0.2, 0) is 75.5 Å². The average molecular weight is 2240 g/mol. The molecule has 0 radical (unpaired) electrons. The number of rotatable bonds is 43. The monoisotopic (exact) mass is 2240 g/mol. The summed E-state index contributed by atoms with van der Waals surface area (Å²) in [4.78, 5) is 63.8. The number of nitrogens with two attached hydrogens (primary N) is 1. The van der Waals surface area contributed by atoms with E-state index in [2.05, 4.69) is 78.8 Å². The number of hydrogen-bond donors (Lipinski definition) is 6. The molecule has 0 bridgehead atoms. The first-order chi connectivity index (χ1) is 68.3. The Morgan fingerprint density at radius 1 is 0.490 bits per heavy atom. The maximum Gasteiger partial charge on any atom is 0.459 e. The van der Waals surface area contributed by atoms with Crippen LogP contribution in [0.1, 0.15) is 152 Å². The molecule has 790 valence electrons. The van der Waals surface area contributed by atoms with Crippen LogP contribution in [-0.4, -0.2) is 162 Å². The van der Waals surface area contributed by atoms with E-state index in [9.17, 15) is 42.3 Å². The van der Waals surface area contributed by atoms with Gasteiger partial charge in [0, 0.05) is 33.7 Å². The Labute approximate surface area is 866 Å². The van der Waals surface area contributed by atoms with E-state index in [1.54, 1.807) is 118 Å². The van der Waals surface area contributed by atoms with Gasteiger partial charge in [-0.15, -0.1) is 0 Å². The molecule has 0 saturated carbocycles. The van der Waals surface area contributed by atoms with Crippen molar-refractivity contribution in [1.29, 1.82) is 0 Å². The van der Waals surface area contributed by atoms with Crippen molar-refractivity contribution in [3.63, 3.8) is 0 Å². The van der Waals surface area contributed by atoms with Crippen LogP contribution in [0.2, 0.25) is 0 Å². The quantitative estimate of drug-likeness (QED) is 0.00679. The Morgan fingerprint density at radius 3 is 1.26 bits per heavy atom. The van der Waals surface area contributed by atoms with Crippen LogP contribution in [0.15, 0.2) is 219 Å². The summed E-state index contributed by atoms with van der Waals surface area (Å²) in [6.45, 7) is 17.3. The second kappa shape index (κ2) is 53.1. The Bertz CT molecular complexity index is 6220. The van der Waals surface area contributed by atoms with E-state index < -0.39 is 136 Å². The lowest BCUT2D eigenvalue weighted by atomic mass is 9.77. The van der Waals surface area contributed by atoms with Gasteiger partial charge >= 0.3 is 51.5 Å². The van der Waals surface area contributed by atoms with Gasteiger partial charge in [0.15, 0.2) is 52.2 Å². The van der Waals surface area contributed by atoms with Crippen LogP contribution >= 0.6 is 101 Å². The third-order valence-electron chi connectivity index (χ3n) is 21.9. The lowest BCUT2D eigenvalue weighted by Crippen LogP contribution is -2.47. The number of halogens is 10. The molecule has 13 rings (SSSR count). The molecule has 145 heavy (non-hydrogen) atoms. The zero-order chi connectivity index (χ0) is 107. The number of carbonyl (C=O) groups is 3. The number of aromatic nitrogens is 8. The van der Waals surface area contributed by atoms with Crippen molar-refractivity contribution in [3.05, 3.63) is 236 Å². The normalized spacial score (nSPS) is 20.6. The molecule has 3 unspecified atom stereocenters. The highest BCUT2D eigenvalue weighted by atomic mass is 36.0. The average Bonchev–Trinajstić information content (AvgIpc) is 1.58. The number of hydrogen-bond acceptors (Lipinski definition) is 31. The number of alkyl halides is 4. The minimum Gasteiger partial charge on any atom is -0.497 e. The summed E-state index contributed by atoms with van der Waals surface area (Å²) >= 11 is 30.0. The van der Waals surface area contributed by atoms with Gasteiger partial charge in [0.2, 0.25) is 29.5 Å². The number of aliphatic hydroxyl groups excluding tert-OH is 1. The molecule has 36 nitrogen and oxygen atoms in total. The Hall–Kier alpha value is -9.46. The van der Waals surface area contributed by atoms with Crippen molar-refractivity contribution in [2.45, 2.75) is 200 Å². The molecular formula is C94H116Cl6F4N13O23P5. The number of nitrogens with one attached hydrogen (secondary N) is 4. The number of carbonyl (C=O) groups excluding carboxylic acids is 3. The Morgan fingerprint density at radius 2 is 0.855 bits per heavy atom. The molecule has 2 aliphatic heterocycles. The fraction of sp³-hybridized carbons (Fsp3) is 0.415. The molecule has 0 spiro atoms. The number of anilines is 2. The van der Waals surface area contributed by atoms with Gasteiger partial charge < -0.3 is 72.1 Å².